The third-order valence-corrected chi connectivity index (χ3v) is 8.93. The van der Waals surface area contributed by atoms with Crippen LogP contribution in [0.5, 0.6) is 0 Å². The molecule has 2 heterocycles. The van der Waals surface area contributed by atoms with Gasteiger partial charge in [0.05, 0.1) is 29.4 Å². The summed E-state index contributed by atoms with van der Waals surface area (Å²) in [7, 11) is 1.88. The summed E-state index contributed by atoms with van der Waals surface area (Å²) in [6, 6.07) is 28.1. The van der Waals surface area contributed by atoms with E-state index < -0.39 is 0 Å². The lowest BCUT2D eigenvalue weighted by molar-refractivity contribution is -0.117. The first-order valence-corrected chi connectivity index (χ1v) is 17.3. The number of amides is 2. The highest BCUT2D eigenvalue weighted by Gasteiger charge is 2.29. The van der Waals surface area contributed by atoms with Crippen LogP contribution in [-0.4, -0.2) is 31.4 Å². The van der Waals surface area contributed by atoms with Crippen LogP contribution in [0.2, 0.25) is 0 Å². The van der Waals surface area contributed by atoms with Crippen molar-refractivity contribution >= 4 is 23.5 Å². The molecular weight excluding hydrogens is 615 g/mol. The molecular formula is C40H45FN6O2. The molecule has 2 aromatic heterocycles. The second kappa shape index (κ2) is 15.0. The third kappa shape index (κ3) is 9.10. The van der Waals surface area contributed by atoms with Gasteiger partial charge in [0.1, 0.15) is 17.5 Å². The van der Waals surface area contributed by atoms with Crippen LogP contribution in [0.25, 0.3) is 5.69 Å². The van der Waals surface area contributed by atoms with Crippen molar-refractivity contribution < 1.29 is 14.0 Å². The summed E-state index contributed by atoms with van der Waals surface area (Å²) < 4.78 is 16.5. The standard InChI is InChI=1S/C20H18FN3O.C20H27N3O/c21-16-10-6-14(7-11-16)12-20(25)22-19-13-18(15-8-9-15)23-24(19)17-4-2-1-3-5-17;1-13(2)11-15-5-7-16(8-6-15)14(3)20(24)21-19-12-18(17-9-10-17)22-23(19)4/h1-7,10-11,13,15H,8-9,12H2,(H,22,25);5-8,12-14,17H,9-11H2,1-4H3,(H,21,24). The molecule has 2 aliphatic carbocycles. The molecule has 0 saturated heterocycles. The van der Waals surface area contributed by atoms with E-state index in [1.54, 1.807) is 21.5 Å². The smallest absolute Gasteiger partial charge is 0.232 e. The lowest BCUT2D eigenvalue weighted by Crippen LogP contribution is -2.20. The Kier molecular flexibility index (Phi) is 10.4. The van der Waals surface area contributed by atoms with Gasteiger partial charge in [-0.05, 0) is 85.9 Å². The molecule has 8 nitrogen and oxygen atoms in total. The topological polar surface area (TPSA) is 93.8 Å². The Morgan fingerprint density at radius 2 is 1.37 bits per heavy atom. The molecule has 254 valence electrons. The molecule has 1 atom stereocenters. The van der Waals surface area contributed by atoms with Gasteiger partial charge in [-0.25, -0.2) is 9.07 Å². The predicted molar refractivity (Wildman–Crippen MR) is 191 cm³/mol. The SMILES string of the molecule is CC(C)Cc1ccc(C(C)C(=O)Nc2cc(C3CC3)nn2C)cc1.O=C(Cc1ccc(F)cc1)Nc1cc(C2CC2)nn1-c1ccccc1. The van der Waals surface area contributed by atoms with Crippen molar-refractivity contribution in [2.75, 3.05) is 10.6 Å². The van der Waals surface area contributed by atoms with Crippen LogP contribution in [0.1, 0.15) is 92.3 Å². The lowest BCUT2D eigenvalue weighted by atomic mass is 9.96. The van der Waals surface area contributed by atoms with Crippen molar-refractivity contribution in [3.63, 3.8) is 0 Å². The number of para-hydroxylation sites is 1. The predicted octanol–water partition coefficient (Wildman–Crippen LogP) is 8.31. The number of rotatable bonds is 11. The van der Waals surface area contributed by atoms with E-state index in [-0.39, 0.29) is 30.0 Å². The highest BCUT2D eigenvalue weighted by Crippen LogP contribution is 2.41. The van der Waals surface area contributed by atoms with Gasteiger partial charge in [0, 0.05) is 31.0 Å². The van der Waals surface area contributed by atoms with E-state index in [0.717, 1.165) is 53.3 Å². The monoisotopic (exact) mass is 660 g/mol. The molecule has 49 heavy (non-hydrogen) atoms. The number of carbonyl (C=O) groups is 2. The zero-order chi connectivity index (χ0) is 34.5. The molecule has 0 spiro atoms. The zero-order valence-corrected chi connectivity index (χ0v) is 28.7. The summed E-state index contributed by atoms with van der Waals surface area (Å²) in [5.74, 6) is 2.55. The lowest BCUT2D eigenvalue weighted by Gasteiger charge is -2.13. The molecule has 9 heteroatoms. The van der Waals surface area contributed by atoms with E-state index >= 15 is 0 Å². The van der Waals surface area contributed by atoms with Gasteiger partial charge < -0.3 is 10.6 Å². The van der Waals surface area contributed by atoms with Crippen LogP contribution in [0, 0.1) is 11.7 Å². The van der Waals surface area contributed by atoms with Crippen molar-refractivity contribution in [2.24, 2.45) is 13.0 Å². The molecule has 3 aromatic carbocycles. The van der Waals surface area contributed by atoms with Gasteiger partial charge in [-0.2, -0.15) is 10.2 Å². The van der Waals surface area contributed by atoms with Crippen molar-refractivity contribution in [3.05, 3.63) is 125 Å². The molecule has 2 aliphatic rings. The Bertz CT molecular complexity index is 1870. The highest BCUT2D eigenvalue weighted by atomic mass is 19.1. The van der Waals surface area contributed by atoms with Crippen LogP contribution in [0.15, 0.2) is 91.0 Å². The molecule has 7 rings (SSSR count). The van der Waals surface area contributed by atoms with Crippen LogP contribution in [0.4, 0.5) is 16.0 Å². The number of hydrogen-bond donors (Lipinski definition) is 2. The molecule has 2 amide bonds. The second-order valence-electron chi connectivity index (χ2n) is 13.7. The maximum Gasteiger partial charge on any atom is 0.232 e. The number of hydrogen-bond acceptors (Lipinski definition) is 4. The first-order valence-electron chi connectivity index (χ1n) is 17.3. The number of nitrogens with one attached hydrogen (secondary N) is 2. The van der Waals surface area contributed by atoms with Gasteiger partial charge in [-0.15, -0.1) is 0 Å². The van der Waals surface area contributed by atoms with Gasteiger partial charge in [0.2, 0.25) is 11.8 Å². The van der Waals surface area contributed by atoms with Gasteiger partial charge in [0.25, 0.3) is 0 Å². The Labute approximate surface area is 287 Å². The van der Waals surface area contributed by atoms with Crippen molar-refractivity contribution in [3.8, 4) is 5.69 Å². The summed E-state index contributed by atoms with van der Waals surface area (Å²) in [4.78, 5) is 25.0. The Morgan fingerprint density at radius 1 is 0.776 bits per heavy atom. The van der Waals surface area contributed by atoms with Crippen molar-refractivity contribution in [2.45, 2.75) is 77.0 Å². The van der Waals surface area contributed by atoms with Gasteiger partial charge in [-0.1, -0.05) is 68.4 Å². The fraction of sp³-hybridized carbons (Fsp3) is 0.350. The molecule has 1 unspecified atom stereocenters. The van der Waals surface area contributed by atoms with Gasteiger partial charge in [0.15, 0.2) is 0 Å². The quantitative estimate of drug-likeness (QED) is 0.149. The highest BCUT2D eigenvalue weighted by molar-refractivity contribution is 5.95. The van der Waals surface area contributed by atoms with Gasteiger partial charge >= 0.3 is 0 Å². The molecule has 0 bridgehead atoms. The normalized spacial score (nSPS) is 14.6. The second-order valence-corrected chi connectivity index (χ2v) is 13.7. The number of nitrogens with zero attached hydrogens (tertiary/aromatic N) is 4. The van der Waals surface area contributed by atoms with Crippen molar-refractivity contribution in [1.29, 1.82) is 0 Å². The van der Waals surface area contributed by atoms with E-state index in [0.29, 0.717) is 23.6 Å². The van der Waals surface area contributed by atoms with E-state index in [1.165, 1.54) is 30.5 Å². The largest absolute Gasteiger partial charge is 0.310 e. The van der Waals surface area contributed by atoms with Crippen molar-refractivity contribution in [1.82, 2.24) is 19.6 Å². The fourth-order valence-electron chi connectivity index (χ4n) is 5.79. The Morgan fingerprint density at radius 3 is 1.98 bits per heavy atom. The van der Waals surface area contributed by atoms with E-state index in [9.17, 15) is 14.0 Å². The maximum absolute atomic E-state index is 13.0. The Hall–Kier alpha value is -5.05. The summed E-state index contributed by atoms with van der Waals surface area (Å²) >= 11 is 0. The van der Waals surface area contributed by atoms with E-state index in [2.05, 4.69) is 58.9 Å². The van der Waals surface area contributed by atoms with Crippen LogP contribution < -0.4 is 10.6 Å². The maximum atomic E-state index is 13.0. The molecule has 2 saturated carbocycles. The molecule has 0 radical (unpaired) electrons. The minimum Gasteiger partial charge on any atom is -0.310 e. The first-order chi connectivity index (χ1) is 23.6. The molecule has 0 aliphatic heterocycles. The number of anilines is 2. The third-order valence-electron chi connectivity index (χ3n) is 8.93. The average molecular weight is 661 g/mol. The van der Waals surface area contributed by atoms with Crippen LogP contribution in [0.3, 0.4) is 0 Å². The first kappa shape index (κ1) is 33.8. The summed E-state index contributed by atoms with van der Waals surface area (Å²) in [5.41, 5.74) is 6.16. The minimum absolute atomic E-state index is 0.0111. The summed E-state index contributed by atoms with van der Waals surface area (Å²) in [6.45, 7) is 6.38. The minimum atomic E-state index is -0.305. The average Bonchev–Trinajstić information content (AvgIpc) is 4.03. The molecule has 5 aromatic rings. The number of aromatic nitrogens is 4. The summed E-state index contributed by atoms with van der Waals surface area (Å²) in [6.07, 6.45) is 5.98. The number of aryl methyl sites for hydroxylation is 1. The molecule has 2 N–H and O–H groups in total. The zero-order valence-electron chi connectivity index (χ0n) is 28.7. The fourth-order valence-corrected chi connectivity index (χ4v) is 5.79. The Balaban J connectivity index is 0.000000170. The van der Waals surface area contributed by atoms with Gasteiger partial charge in [-0.3, -0.25) is 14.3 Å². The van der Waals surface area contributed by atoms with E-state index in [1.807, 2.05) is 56.4 Å². The number of carbonyl (C=O) groups excluding carboxylic acids is 2. The van der Waals surface area contributed by atoms with Crippen LogP contribution >= 0.6 is 0 Å². The summed E-state index contributed by atoms with van der Waals surface area (Å²) in [5, 5.41) is 15.1. The number of benzene rings is 3. The van der Waals surface area contributed by atoms with Crippen LogP contribution in [-0.2, 0) is 29.5 Å². The van der Waals surface area contributed by atoms with E-state index in [4.69, 9.17) is 0 Å². The molecule has 2 fully saturated rings. The number of halogens is 1.